The maximum atomic E-state index is 11.7. The number of nitrogens with zero attached hydrogens (tertiary/aromatic N) is 2. The fourth-order valence-corrected chi connectivity index (χ4v) is 2.63. The summed E-state index contributed by atoms with van der Waals surface area (Å²) < 4.78 is 5.05. The van der Waals surface area contributed by atoms with Gasteiger partial charge in [-0.25, -0.2) is 4.79 Å². The van der Waals surface area contributed by atoms with E-state index in [0.717, 1.165) is 19.4 Å². The molecule has 0 aromatic rings. The van der Waals surface area contributed by atoms with E-state index in [1.807, 2.05) is 0 Å². The van der Waals surface area contributed by atoms with E-state index in [9.17, 15) is 14.4 Å². The number of amides is 3. The minimum atomic E-state index is -0.325. The van der Waals surface area contributed by atoms with E-state index in [0.29, 0.717) is 26.2 Å². The fourth-order valence-electron chi connectivity index (χ4n) is 2.63. The molecule has 2 fully saturated rings. The van der Waals surface area contributed by atoms with Gasteiger partial charge < -0.3 is 15.0 Å². The van der Waals surface area contributed by atoms with Crippen molar-refractivity contribution >= 4 is 17.9 Å². The molecule has 0 bridgehead atoms. The maximum absolute atomic E-state index is 11.7. The first-order valence-electron chi connectivity index (χ1n) is 7.09. The molecule has 20 heavy (non-hydrogen) atoms. The molecule has 2 aliphatic rings. The normalized spacial score (nSPS) is 23.9. The van der Waals surface area contributed by atoms with E-state index in [2.05, 4.69) is 10.2 Å². The molecular weight excluding hydrogens is 262 g/mol. The number of esters is 1. The van der Waals surface area contributed by atoms with Crippen molar-refractivity contribution < 1.29 is 19.1 Å². The summed E-state index contributed by atoms with van der Waals surface area (Å²) in [5.74, 6) is -0.423. The Morgan fingerprint density at radius 1 is 1.40 bits per heavy atom. The molecule has 0 radical (unpaired) electrons. The lowest BCUT2D eigenvalue weighted by Gasteiger charge is -2.32. The number of carbonyl (C=O) groups excluding carboxylic acids is 3. The molecule has 7 nitrogen and oxygen atoms in total. The Bertz CT molecular complexity index is 383. The molecule has 0 aromatic heterocycles. The standard InChI is InChI=1S/C13H21N3O4/c1-2-20-12(18)10-4-3-5-15(9-10)6-7-16-11(17)8-14-13(16)19/h10H,2-9H2,1H3,(H,14,19)/t10-/m0/s1. The van der Waals surface area contributed by atoms with Crippen molar-refractivity contribution in [3.63, 3.8) is 0 Å². The molecule has 7 heteroatoms. The van der Waals surface area contributed by atoms with Crippen LogP contribution in [0.4, 0.5) is 4.79 Å². The van der Waals surface area contributed by atoms with Gasteiger partial charge in [-0.05, 0) is 26.3 Å². The third-order valence-corrected chi connectivity index (χ3v) is 3.70. The quantitative estimate of drug-likeness (QED) is 0.559. The number of ether oxygens (including phenoxy) is 1. The largest absolute Gasteiger partial charge is 0.466 e. The molecule has 112 valence electrons. The van der Waals surface area contributed by atoms with E-state index >= 15 is 0 Å². The van der Waals surface area contributed by atoms with Crippen LogP contribution in [-0.4, -0.2) is 67.0 Å². The van der Waals surface area contributed by atoms with Crippen LogP contribution in [0.2, 0.25) is 0 Å². The highest BCUT2D eigenvalue weighted by molar-refractivity contribution is 6.01. The smallest absolute Gasteiger partial charge is 0.324 e. The van der Waals surface area contributed by atoms with Crippen molar-refractivity contribution in [2.75, 3.05) is 39.3 Å². The minimum absolute atomic E-state index is 0.0876. The molecule has 2 rings (SSSR count). The lowest BCUT2D eigenvalue weighted by Crippen LogP contribution is -2.44. The van der Waals surface area contributed by atoms with E-state index in [-0.39, 0.29) is 30.4 Å². The Labute approximate surface area is 118 Å². The zero-order chi connectivity index (χ0) is 14.5. The van der Waals surface area contributed by atoms with Crippen LogP contribution in [0.5, 0.6) is 0 Å². The summed E-state index contributed by atoms with van der Waals surface area (Å²) in [6.07, 6.45) is 1.78. The van der Waals surface area contributed by atoms with Gasteiger partial charge in [-0.1, -0.05) is 0 Å². The molecule has 1 N–H and O–H groups in total. The second-order valence-corrected chi connectivity index (χ2v) is 5.10. The molecule has 2 aliphatic heterocycles. The molecular formula is C13H21N3O4. The Hall–Kier alpha value is -1.63. The van der Waals surface area contributed by atoms with Crippen molar-refractivity contribution in [3.05, 3.63) is 0 Å². The summed E-state index contributed by atoms with van der Waals surface area (Å²) >= 11 is 0. The van der Waals surface area contributed by atoms with E-state index in [1.165, 1.54) is 4.90 Å². The predicted molar refractivity (Wildman–Crippen MR) is 70.9 cm³/mol. The number of nitrogens with one attached hydrogen (secondary N) is 1. The third kappa shape index (κ3) is 3.47. The molecule has 0 aliphatic carbocycles. The molecule has 3 amide bonds. The topological polar surface area (TPSA) is 79.0 Å². The lowest BCUT2D eigenvalue weighted by atomic mass is 9.98. The van der Waals surface area contributed by atoms with E-state index < -0.39 is 0 Å². The SMILES string of the molecule is CCOC(=O)[C@H]1CCCN(CCN2C(=O)CNC2=O)C1. The Morgan fingerprint density at radius 2 is 2.20 bits per heavy atom. The second-order valence-electron chi connectivity index (χ2n) is 5.10. The highest BCUT2D eigenvalue weighted by Gasteiger charge is 2.30. The van der Waals surface area contributed by atoms with Crippen molar-refractivity contribution in [2.45, 2.75) is 19.8 Å². The zero-order valence-electron chi connectivity index (χ0n) is 11.8. The number of imide groups is 1. The Morgan fingerprint density at radius 3 is 2.85 bits per heavy atom. The van der Waals surface area contributed by atoms with Crippen LogP contribution in [0, 0.1) is 5.92 Å². The predicted octanol–water partition coefficient (Wildman–Crippen LogP) is -0.187. The van der Waals surface area contributed by atoms with Gasteiger partial charge in [-0.2, -0.15) is 0 Å². The van der Waals surface area contributed by atoms with Crippen LogP contribution >= 0.6 is 0 Å². The number of likely N-dealkylation sites (tertiary alicyclic amines) is 1. The van der Waals surface area contributed by atoms with Gasteiger partial charge in [0.2, 0.25) is 5.91 Å². The van der Waals surface area contributed by atoms with Crippen LogP contribution in [0.25, 0.3) is 0 Å². The third-order valence-electron chi connectivity index (χ3n) is 3.70. The van der Waals surface area contributed by atoms with Crippen LogP contribution in [-0.2, 0) is 14.3 Å². The van der Waals surface area contributed by atoms with Crippen molar-refractivity contribution in [1.29, 1.82) is 0 Å². The molecule has 1 atom stereocenters. The molecule has 2 saturated heterocycles. The molecule has 0 saturated carbocycles. The van der Waals surface area contributed by atoms with Gasteiger partial charge in [0.25, 0.3) is 0 Å². The van der Waals surface area contributed by atoms with Crippen LogP contribution in [0.1, 0.15) is 19.8 Å². The van der Waals surface area contributed by atoms with Gasteiger partial charge in [0.05, 0.1) is 19.1 Å². The zero-order valence-corrected chi connectivity index (χ0v) is 11.8. The Kier molecular flexibility index (Phi) is 4.94. The van der Waals surface area contributed by atoms with Crippen LogP contribution in [0.3, 0.4) is 0 Å². The summed E-state index contributed by atoms with van der Waals surface area (Å²) in [5.41, 5.74) is 0. The fraction of sp³-hybridized carbons (Fsp3) is 0.769. The average Bonchev–Trinajstić information content (AvgIpc) is 2.76. The summed E-state index contributed by atoms with van der Waals surface area (Å²) in [7, 11) is 0. The summed E-state index contributed by atoms with van der Waals surface area (Å²) in [6, 6.07) is -0.325. The number of hydrogen-bond donors (Lipinski definition) is 1. The minimum Gasteiger partial charge on any atom is -0.466 e. The highest BCUT2D eigenvalue weighted by Crippen LogP contribution is 2.17. The number of piperidine rings is 1. The number of rotatable bonds is 5. The Balaban J connectivity index is 1.79. The van der Waals surface area contributed by atoms with Gasteiger partial charge in [0.15, 0.2) is 0 Å². The van der Waals surface area contributed by atoms with Gasteiger partial charge in [-0.3, -0.25) is 14.5 Å². The van der Waals surface area contributed by atoms with Crippen LogP contribution in [0.15, 0.2) is 0 Å². The molecule has 0 unspecified atom stereocenters. The molecule has 0 aromatic carbocycles. The number of carbonyl (C=O) groups is 3. The first-order valence-corrected chi connectivity index (χ1v) is 7.09. The average molecular weight is 283 g/mol. The summed E-state index contributed by atoms with van der Waals surface area (Å²) in [6.45, 7) is 4.80. The van der Waals surface area contributed by atoms with E-state index in [1.54, 1.807) is 6.92 Å². The van der Waals surface area contributed by atoms with Gasteiger partial charge >= 0.3 is 12.0 Å². The first kappa shape index (κ1) is 14.8. The van der Waals surface area contributed by atoms with Crippen LogP contribution < -0.4 is 5.32 Å². The second kappa shape index (κ2) is 6.69. The monoisotopic (exact) mass is 283 g/mol. The molecule has 0 spiro atoms. The number of urea groups is 1. The number of hydrogen-bond acceptors (Lipinski definition) is 5. The van der Waals surface area contributed by atoms with Gasteiger partial charge in [0, 0.05) is 19.6 Å². The van der Waals surface area contributed by atoms with Crippen molar-refractivity contribution in [1.82, 2.24) is 15.1 Å². The lowest BCUT2D eigenvalue weighted by molar-refractivity contribution is -0.150. The summed E-state index contributed by atoms with van der Waals surface area (Å²) in [5, 5.41) is 2.50. The van der Waals surface area contributed by atoms with Crippen molar-refractivity contribution in [2.24, 2.45) is 5.92 Å². The first-order chi connectivity index (χ1) is 9.61. The summed E-state index contributed by atoms with van der Waals surface area (Å²) in [4.78, 5) is 38.0. The highest BCUT2D eigenvalue weighted by atomic mass is 16.5. The van der Waals surface area contributed by atoms with Crippen molar-refractivity contribution in [3.8, 4) is 0 Å². The van der Waals surface area contributed by atoms with Gasteiger partial charge in [-0.15, -0.1) is 0 Å². The maximum Gasteiger partial charge on any atom is 0.324 e. The molecule has 2 heterocycles. The van der Waals surface area contributed by atoms with E-state index in [4.69, 9.17) is 4.74 Å². The van der Waals surface area contributed by atoms with Gasteiger partial charge in [0.1, 0.15) is 0 Å².